The Kier molecular flexibility index (Phi) is 4.70. The van der Waals surface area contributed by atoms with Gasteiger partial charge in [-0.3, -0.25) is 0 Å². The van der Waals surface area contributed by atoms with Crippen molar-refractivity contribution in [1.29, 1.82) is 0 Å². The molecule has 1 spiro atoms. The Bertz CT molecular complexity index is 956. The van der Waals surface area contributed by atoms with E-state index < -0.39 is 10.0 Å². The van der Waals surface area contributed by atoms with E-state index in [1.165, 1.54) is 5.57 Å². The van der Waals surface area contributed by atoms with Crippen molar-refractivity contribution in [1.82, 2.24) is 9.46 Å². The lowest BCUT2D eigenvalue weighted by Gasteiger charge is -2.41. The molecule has 2 aromatic rings. The normalized spacial score (nSPS) is 20.6. The van der Waals surface area contributed by atoms with Crippen LogP contribution in [0, 0.1) is 6.92 Å². The van der Waals surface area contributed by atoms with E-state index in [4.69, 9.17) is 9.26 Å². The molecule has 0 bridgehead atoms. The summed E-state index contributed by atoms with van der Waals surface area (Å²) in [6, 6.07) is 7.06. The van der Waals surface area contributed by atoms with Crippen molar-refractivity contribution in [3.8, 4) is 11.3 Å². The van der Waals surface area contributed by atoms with Gasteiger partial charge in [-0.25, -0.2) is 8.42 Å². The molecular formula is C20H24N2O4S. The number of hydrogen-bond donors (Lipinski definition) is 0. The molecule has 7 heteroatoms. The minimum absolute atomic E-state index is 0.301. The third-order valence-corrected chi connectivity index (χ3v) is 7.53. The second-order valence-corrected chi connectivity index (χ2v) is 9.32. The first-order chi connectivity index (χ1) is 12.9. The number of nitrogens with zero attached hydrogens (tertiary/aromatic N) is 2. The van der Waals surface area contributed by atoms with Crippen LogP contribution in [-0.4, -0.2) is 43.2 Å². The first-order valence-corrected chi connectivity index (χ1v) is 10.7. The third kappa shape index (κ3) is 3.47. The zero-order valence-corrected chi connectivity index (χ0v) is 16.5. The molecule has 0 amide bonds. The first kappa shape index (κ1) is 18.4. The Hall–Kier alpha value is -1.96. The van der Waals surface area contributed by atoms with E-state index in [9.17, 15) is 8.42 Å². The van der Waals surface area contributed by atoms with Gasteiger partial charge < -0.3 is 9.26 Å². The van der Waals surface area contributed by atoms with Crippen LogP contribution in [0.1, 0.15) is 31.7 Å². The third-order valence-electron chi connectivity index (χ3n) is 5.49. The van der Waals surface area contributed by atoms with Gasteiger partial charge in [0.2, 0.25) is 10.0 Å². The van der Waals surface area contributed by atoms with Crippen LogP contribution < -0.4 is 0 Å². The zero-order chi connectivity index (χ0) is 19.1. The summed E-state index contributed by atoms with van der Waals surface area (Å²) in [5.41, 5.74) is 2.46. The van der Waals surface area contributed by atoms with Crippen LogP contribution in [-0.2, 0) is 14.8 Å². The van der Waals surface area contributed by atoms with E-state index in [0.717, 1.165) is 12.0 Å². The first-order valence-electron chi connectivity index (χ1n) is 9.24. The Labute approximate surface area is 159 Å². The van der Waals surface area contributed by atoms with Crippen LogP contribution in [0.25, 0.3) is 11.3 Å². The van der Waals surface area contributed by atoms with E-state index in [-0.39, 0.29) is 5.60 Å². The fourth-order valence-electron chi connectivity index (χ4n) is 3.91. The second kappa shape index (κ2) is 6.89. The number of ether oxygens (including phenoxy) is 1. The molecule has 144 valence electrons. The molecule has 27 heavy (non-hydrogen) atoms. The lowest BCUT2D eigenvalue weighted by Crippen LogP contribution is -2.48. The molecule has 2 aliphatic heterocycles. The fourth-order valence-corrected chi connectivity index (χ4v) is 5.60. The maximum atomic E-state index is 13.3. The Morgan fingerprint density at radius 1 is 1.15 bits per heavy atom. The second-order valence-electron chi connectivity index (χ2n) is 7.41. The maximum absolute atomic E-state index is 13.3. The van der Waals surface area contributed by atoms with Crippen LogP contribution in [0.4, 0.5) is 0 Å². The molecule has 0 saturated carbocycles. The van der Waals surface area contributed by atoms with Gasteiger partial charge in [0.05, 0.1) is 23.3 Å². The molecule has 0 unspecified atom stereocenters. The molecular weight excluding hydrogens is 364 g/mol. The number of piperidine rings is 1. The molecule has 1 aromatic carbocycles. The van der Waals surface area contributed by atoms with Gasteiger partial charge in [0.1, 0.15) is 0 Å². The molecule has 1 saturated heterocycles. The van der Waals surface area contributed by atoms with E-state index in [2.05, 4.69) is 18.2 Å². The van der Waals surface area contributed by atoms with Gasteiger partial charge in [0, 0.05) is 24.7 Å². The Balaban J connectivity index is 1.59. The van der Waals surface area contributed by atoms with Crippen molar-refractivity contribution < 1.29 is 17.7 Å². The predicted octanol–water partition coefficient (Wildman–Crippen LogP) is 3.54. The molecule has 6 nitrogen and oxygen atoms in total. The van der Waals surface area contributed by atoms with Crippen LogP contribution in [0.15, 0.2) is 51.5 Å². The molecule has 0 aliphatic carbocycles. The zero-order valence-electron chi connectivity index (χ0n) is 15.6. The van der Waals surface area contributed by atoms with Gasteiger partial charge in [0.15, 0.2) is 5.76 Å². The molecule has 4 rings (SSSR count). The van der Waals surface area contributed by atoms with E-state index in [0.29, 0.717) is 48.8 Å². The standard InChI is InChI=1S/C20H24N2O4S/c1-15-6-12-25-20(14-15)7-10-22(11-8-20)27(23,24)19-13-17(4-3-16(19)2)18-5-9-21-26-18/h3-5,9,13-14H,6-8,10-12H2,1-2H3. The van der Waals surface area contributed by atoms with E-state index in [1.54, 1.807) is 22.6 Å². The topological polar surface area (TPSA) is 72.6 Å². The van der Waals surface area contributed by atoms with Crippen LogP contribution in [0.5, 0.6) is 0 Å². The summed E-state index contributed by atoms with van der Waals surface area (Å²) < 4.78 is 39.3. The van der Waals surface area contributed by atoms with Gasteiger partial charge in [-0.05, 0) is 44.7 Å². The lowest BCUT2D eigenvalue weighted by molar-refractivity contribution is -0.0462. The van der Waals surface area contributed by atoms with Crippen LogP contribution in [0.2, 0.25) is 0 Å². The summed E-state index contributed by atoms with van der Waals surface area (Å²) in [5.74, 6) is 0.556. The number of aryl methyl sites for hydroxylation is 1. The highest BCUT2D eigenvalue weighted by Gasteiger charge is 2.39. The summed E-state index contributed by atoms with van der Waals surface area (Å²) in [4.78, 5) is 0.323. The van der Waals surface area contributed by atoms with Crippen molar-refractivity contribution >= 4 is 10.0 Å². The molecule has 0 atom stereocenters. The molecule has 3 heterocycles. The molecule has 1 fully saturated rings. The van der Waals surface area contributed by atoms with Gasteiger partial charge in [0.25, 0.3) is 0 Å². The van der Waals surface area contributed by atoms with Gasteiger partial charge >= 0.3 is 0 Å². The summed E-state index contributed by atoms with van der Waals surface area (Å²) in [6.07, 6.45) is 6.07. The number of sulfonamides is 1. The number of benzene rings is 1. The number of hydrogen-bond acceptors (Lipinski definition) is 5. The highest BCUT2D eigenvalue weighted by Crippen LogP contribution is 2.35. The summed E-state index contributed by atoms with van der Waals surface area (Å²) in [5, 5.41) is 3.70. The van der Waals surface area contributed by atoms with Crippen molar-refractivity contribution in [2.24, 2.45) is 0 Å². The maximum Gasteiger partial charge on any atom is 0.243 e. The molecule has 2 aliphatic rings. The van der Waals surface area contributed by atoms with E-state index >= 15 is 0 Å². The smallest absolute Gasteiger partial charge is 0.243 e. The minimum Gasteiger partial charge on any atom is -0.370 e. The largest absolute Gasteiger partial charge is 0.370 e. The van der Waals surface area contributed by atoms with Crippen molar-refractivity contribution in [3.63, 3.8) is 0 Å². The number of rotatable bonds is 3. The van der Waals surface area contributed by atoms with Gasteiger partial charge in [-0.15, -0.1) is 0 Å². The summed E-state index contributed by atoms with van der Waals surface area (Å²) in [7, 11) is -3.58. The SMILES string of the molecule is CC1=CC2(CCN(S(=O)(=O)c3cc(-c4ccno4)ccc3C)CC2)OCC1. The van der Waals surface area contributed by atoms with Crippen molar-refractivity contribution in [2.45, 2.75) is 43.6 Å². The Morgan fingerprint density at radius 2 is 1.93 bits per heavy atom. The summed E-state index contributed by atoms with van der Waals surface area (Å²) >= 11 is 0. The highest BCUT2D eigenvalue weighted by molar-refractivity contribution is 7.89. The lowest BCUT2D eigenvalue weighted by atomic mass is 9.88. The van der Waals surface area contributed by atoms with Crippen LogP contribution >= 0.6 is 0 Å². The summed E-state index contributed by atoms with van der Waals surface area (Å²) in [6.45, 7) is 5.56. The highest BCUT2D eigenvalue weighted by atomic mass is 32.2. The molecule has 0 radical (unpaired) electrons. The van der Waals surface area contributed by atoms with Crippen LogP contribution in [0.3, 0.4) is 0 Å². The van der Waals surface area contributed by atoms with Gasteiger partial charge in [-0.2, -0.15) is 4.31 Å². The molecule has 1 aromatic heterocycles. The quantitative estimate of drug-likeness (QED) is 0.752. The monoisotopic (exact) mass is 388 g/mol. The van der Waals surface area contributed by atoms with Crippen molar-refractivity contribution in [3.05, 3.63) is 47.7 Å². The molecule has 0 N–H and O–H groups in total. The Morgan fingerprint density at radius 3 is 2.59 bits per heavy atom. The predicted molar refractivity (Wildman–Crippen MR) is 102 cm³/mol. The fraction of sp³-hybridized carbons (Fsp3) is 0.450. The minimum atomic E-state index is -3.58. The number of aromatic nitrogens is 1. The average Bonchev–Trinajstić information content (AvgIpc) is 3.17. The van der Waals surface area contributed by atoms with E-state index in [1.807, 2.05) is 19.1 Å². The van der Waals surface area contributed by atoms with Crippen molar-refractivity contribution in [2.75, 3.05) is 19.7 Å². The average molecular weight is 388 g/mol. The van der Waals surface area contributed by atoms with Gasteiger partial charge in [-0.1, -0.05) is 28.9 Å².